The molecule has 3 heteroatoms. The molecule has 1 aromatic rings. The van der Waals surface area contributed by atoms with Gasteiger partial charge in [0.05, 0.1) is 0 Å². The van der Waals surface area contributed by atoms with Crippen LogP contribution in [-0.4, -0.2) is 30.6 Å². The fourth-order valence-corrected chi connectivity index (χ4v) is 2.83. The van der Waals surface area contributed by atoms with Crippen molar-refractivity contribution in [1.29, 1.82) is 0 Å². The molecule has 0 bridgehead atoms. The van der Waals surface area contributed by atoms with E-state index < -0.39 is 0 Å². The summed E-state index contributed by atoms with van der Waals surface area (Å²) >= 11 is 3.63. The molecule has 1 unspecified atom stereocenters. The highest BCUT2D eigenvalue weighted by Crippen LogP contribution is 2.26. The van der Waals surface area contributed by atoms with Crippen LogP contribution in [0.3, 0.4) is 0 Å². The highest BCUT2D eigenvalue weighted by atomic mass is 79.9. The quantitative estimate of drug-likeness (QED) is 0.867. The number of hydrogen-bond acceptors (Lipinski definition) is 2. The number of rotatable bonds is 6. The van der Waals surface area contributed by atoms with Crippen LogP contribution in [-0.2, 0) is 6.54 Å². The summed E-state index contributed by atoms with van der Waals surface area (Å²) in [4.78, 5) is 2.50. The van der Waals surface area contributed by atoms with Crippen molar-refractivity contribution in [2.45, 2.75) is 45.3 Å². The first-order valence-electron chi connectivity index (χ1n) is 6.75. The Labute approximate surface area is 119 Å². The van der Waals surface area contributed by atoms with Crippen molar-refractivity contribution in [3.63, 3.8) is 0 Å². The minimum absolute atomic E-state index is 0.613. The summed E-state index contributed by atoms with van der Waals surface area (Å²) in [5.74, 6) is 0. The molecule has 0 aliphatic heterocycles. The van der Waals surface area contributed by atoms with Crippen LogP contribution < -0.4 is 5.32 Å². The van der Waals surface area contributed by atoms with Crippen LogP contribution in [0.5, 0.6) is 0 Å². The summed E-state index contributed by atoms with van der Waals surface area (Å²) < 4.78 is 1.21. The molecule has 1 N–H and O–H groups in total. The van der Waals surface area contributed by atoms with Crippen molar-refractivity contribution in [1.82, 2.24) is 10.2 Å². The molecule has 1 aliphatic carbocycles. The highest BCUT2D eigenvalue weighted by molar-refractivity contribution is 9.10. The molecule has 18 heavy (non-hydrogen) atoms. The third-order valence-electron chi connectivity index (χ3n) is 3.78. The highest BCUT2D eigenvalue weighted by Gasteiger charge is 2.28. The van der Waals surface area contributed by atoms with Crippen molar-refractivity contribution in [3.8, 4) is 0 Å². The second kappa shape index (κ2) is 6.18. The fraction of sp³-hybridized carbons (Fsp3) is 0.600. The van der Waals surface area contributed by atoms with Crippen LogP contribution in [0.4, 0.5) is 0 Å². The average Bonchev–Trinajstić information content (AvgIpc) is 3.15. The third-order valence-corrected chi connectivity index (χ3v) is 4.52. The predicted octanol–water partition coefficient (Wildman–Crippen LogP) is 3.33. The number of nitrogens with one attached hydrogen (secondary N) is 1. The molecule has 100 valence electrons. The van der Waals surface area contributed by atoms with E-state index in [9.17, 15) is 0 Å². The van der Waals surface area contributed by atoms with Gasteiger partial charge in [-0.1, -0.05) is 28.1 Å². The zero-order valence-electron chi connectivity index (χ0n) is 11.5. The minimum atomic E-state index is 0.613. The monoisotopic (exact) mass is 310 g/mol. The lowest BCUT2D eigenvalue weighted by molar-refractivity contribution is 0.241. The summed E-state index contributed by atoms with van der Waals surface area (Å²) in [6.45, 7) is 6.40. The summed E-state index contributed by atoms with van der Waals surface area (Å²) in [7, 11) is 2.24. The molecule has 0 amide bonds. The third kappa shape index (κ3) is 3.81. The number of hydrogen-bond donors (Lipinski definition) is 1. The Morgan fingerprint density at radius 1 is 1.44 bits per heavy atom. The van der Waals surface area contributed by atoms with Crippen molar-refractivity contribution < 1.29 is 0 Å². The molecule has 1 atom stereocenters. The van der Waals surface area contributed by atoms with Gasteiger partial charge in [0.25, 0.3) is 0 Å². The molecule has 0 radical (unpaired) electrons. The van der Waals surface area contributed by atoms with Gasteiger partial charge in [0.1, 0.15) is 0 Å². The maximum absolute atomic E-state index is 3.63. The number of benzene rings is 1. The van der Waals surface area contributed by atoms with Crippen molar-refractivity contribution in [2.75, 3.05) is 13.6 Å². The van der Waals surface area contributed by atoms with Gasteiger partial charge in [0, 0.05) is 29.6 Å². The zero-order chi connectivity index (χ0) is 13.1. The van der Waals surface area contributed by atoms with E-state index in [1.807, 2.05) is 0 Å². The average molecular weight is 311 g/mol. The first kappa shape index (κ1) is 14.0. The molecule has 1 saturated carbocycles. The molecule has 1 aromatic carbocycles. The lowest BCUT2D eigenvalue weighted by Crippen LogP contribution is -2.38. The van der Waals surface area contributed by atoms with Crippen LogP contribution in [0.15, 0.2) is 22.7 Å². The van der Waals surface area contributed by atoms with Crippen LogP contribution in [0.2, 0.25) is 0 Å². The van der Waals surface area contributed by atoms with Gasteiger partial charge in [-0.2, -0.15) is 0 Å². The second-order valence-corrected chi connectivity index (χ2v) is 6.33. The van der Waals surface area contributed by atoms with E-state index in [2.05, 4.69) is 65.2 Å². The molecule has 1 fully saturated rings. The zero-order valence-corrected chi connectivity index (χ0v) is 13.1. The molecule has 2 rings (SSSR count). The van der Waals surface area contributed by atoms with Crippen molar-refractivity contribution in [2.24, 2.45) is 0 Å². The largest absolute Gasteiger partial charge is 0.311 e. The molecule has 1 aliphatic rings. The van der Waals surface area contributed by atoms with Gasteiger partial charge in [-0.05, 0) is 50.9 Å². The van der Waals surface area contributed by atoms with E-state index in [-0.39, 0.29) is 0 Å². The van der Waals surface area contributed by atoms with E-state index in [0.717, 1.165) is 19.1 Å². The van der Waals surface area contributed by atoms with E-state index >= 15 is 0 Å². The van der Waals surface area contributed by atoms with Gasteiger partial charge in [-0.25, -0.2) is 0 Å². The molecule has 0 spiro atoms. The van der Waals surface area contributed by atoms with E-state index in [1.165, 1.54) is 28.4 Å². The van der Waals surface area contributed by atoms with Crippen molar-refractivity contribution >= 4 is 15.9 Å². The normalized spacial score (nSPS) is 17.2. The Morgan fingerprint density at radius 2 is 2.17 bits per heavy atom. The van der Waals surface area contributed by atoms with Gasteiger partial charge < -0.3 is 5.32 Å². The minimum Gasteiger partial charge on any atom is -0.311 e. The summed E-state index contributed by atoms with van der Waals surface area (Å²) in [5, 5.41) is 3.55. The van der Waals surface area contributed by atoms with Gasteiger partial charge in [0.2, 0.25) is 0 Å². The number of halogens is 1. The summed E-state index contributed by atoms with van der Waals surface area (Å²) in [5.41, 5.74) is 2.63. The van der Waals surface area contributed by atoms with E-state index in [0.29, 0.717) is 6.04 Å². The van der Waals surface area contributed by atoms with Crippen molar-refractivity contribution in [3.05, 3.63) is 33.8 Å². The Morgan fingerprint density at radius 3 is 2.78 bits per heavy atom. The molecular formula is C15H23BrN2. The molecule has 2 nitrogen and oxygen atoms in total. The number of aryl methyl sites for hydroxylation is 1. The SMILES string of the molecule is Cc1ccc(CNCC(C)N(C)C2CC2)c(Br)c1. The Balaban J connectivity index is 1.77. The Hall–Kier alpha value is -0.380. The van der Waals surface area contributed by atoms with Gasteiger partial charge in [-0.3, -0.25) is 4.90 Å². The standard InChI is InChI=1S/C15H23BrN2/c1-11-4-5-13(15(16)8-11)10-17-9-12(2)18(3)14-6-7-14/h4-5,8,12,14,17H,6-7,9-10H2,1-3H3. The first-order chi connectivity index (χ1) is 8.58. The summed E-state index contributed by atoms with van der Waals surface area (Å²) in [6, 6.07) is 8.00. The van der Waals surface area contributed by atoms with Crippen LogP contribution in [0, 0.1) is 6.92 Å². The maximum atomic E-state index is 3.63. The number of nitrogens with zero attached hydrogens (tertiary/aromatic N) is 1. The lowest BCUT2D eigenvalue weighted by atomic mass is 10.1. The predicted molar refractivity (Wildman–Crippen MR) is 80.8 cm³/mol. The second-order valence-electron chi connectivity index (χ2n) is 5.47. The van der Waals surface area contributed by atoms with Crippen LogP contribution >= 0.6 is 15.9 Å². The molecule has 0 aromatic heterocycles. The molecular weight excluding hydrogens is 288 g/mol. The summed E-state index contributed by atoms with van der Waals surface area (Å²) in [6.07, 6.45) is 2.76. The topological polar surface area (TPSA) is 15.3 Å². The van der Waals surface area contributed by atoms with Gasteiger partial charge in [0.15, 0.2) is 0 Å². The molecule has 0 saturated heterocycles. The Kier molecular flexibility index (Phi) is 4.82. The van der Waals surface area contributed by atoms with E-state index in [4.69, 9.17) is 0 Å². The number of likely N-dealkylation sites (N-methyl/N-ethyl adjacent to an activating group) is 1. The molecule has 0 heterocycles. The van der Waals surface area contributed by atoms with Gasteiger partial charge in [-0.15, -0.1) is 0 Å². The fourth-order valence-electron chi connectivity index (χ4n) is 2.20. The smallest absolute Gasteiger partial charge is 0.0222 e. The lowest BCUT2D eigenvalue weighted by Gasteiger charge is -2.24. The van der Waals surface area contributed by atoms with Gasteiger partial charge >= 0.3 is 0 Å². The first-order valence-corrected chi connectivity index (χ1v) is 7.55. The van der Waals surface area contributed by atoms with Crippen LogP contribution in [0.1, 0.15) is 30.9 Å². The van der Waals surface area contributed by atoms with E-state index in [1.54, 1.807) is 0 Å². The van der Waals surface area contributed by atoms with Crippen LogP contribution in [0.25, 0.3) is 0 Å². The Bertz CT molecular complexity index is 401. The maximum Gasteiger partial charge on any atom is 0.0222 e.